The van der Waals surface area contributed by atoms with Gasteiger partial charge in [-0.15, -0.1) is 0 Å². The van der Waals surface area contributed by atoms with E-state index in [1.54, 1.807) is 6.08 Å². The highest BCUT2D eigenvalue weighted by Gasteiger charge is 2.12. The van der Waals surface area contributed by atoms with E-state index in [0.717, 1.165) is 0 Å². The van der Waals surface area contributed by atoms with Crippen molar-refractivity contribution in [2.24, 2.45) is 5.73 Å². The number of nitrogens with zero attached hydrogens (tertiary/aromatic N) is 2. The Bertz CT molecular complexity index is 405. The van der Waals surface area contributed by atoms with Gasteiger partial charge in [0.1, 0.15) is 5.82 Å². The first-order valence-electron chi connectivity index (χ1n) is 4.65. The Labute approximate surface area is 92.3 Å². The summed E-state index contributed by atoms with van der Waals surface area (Å²) in [5.41, 5.74) is 10.5. The predicted molar refractivity (Wildman–Crippen MR) is 62.0 cm³/mol. The predicted octanol–water partition coefficient (Wildman–Crippen LogP) is 0.499. The van der Waals surface area contributed by atoms with Crippen molar-refractivity contribution in [1.82, 2.24) is 4.98 Å². The van der Waals surface area contributed by atoms with Crippen LogP contribution in [0.25, 0.3) is 0 Å². The molecule has 0 aromatic carbocycles. The number of nitrogens with two attached hydrogens (primary N) is 2. The lowest BCUT2D eigenvalue weighted by atomic mass is 10.3. The Morgan fingerprint density at radius 3 is 2.81 bits per heavy atom. The topological polar surface area (TPSA) is 120 Å². The van der Waals surface area contributed by atoms with Crippen LogP contribution in [0.4, 0.5) is 17.3 Å². The van der Waals surface area contributed by atoms with Crippen LogP contribution in [0.1, 0.15) is 0 Å². The van der Waals surface area contributed by atoms with Gasteiger partial charge >= 0.3 is 5.69 Å². The van der Waals surface area contributed by atoms with Gasteiger partial charge in [-0.1, -0.05) is 12.2 Å². The minimum atomic E-state index is -0.569. The van der Waals surface area contributed by atoms with E-state index in [1.807, 2.05) is 6.08 Å². The molecule has 0 amide bonds. The van der Waals surface area contributed by atoms with Crippen LogP contribution in [-0.2, 0) is 0 Å². The van der Waals surface area contributed by atoms with Crippen LogP contribution in [0, 0.1) is 10.1 Å². The summed E-state index contributed by atoms with van der Waals surface area (Å²) in [4.78, 5) is 13.8. The molecule has 0 aliphatic heterocycles. The Balaban J connectivity index is 2.66. The molecule has 0 atom stereocenters. The Morgan fingerprint density at radius 2 is 2.25 bits per heavy atom. The molecule has 86 valence electrons. The minimum absolute atomic E-state index is 0.0993. The molecule has 5 N–H and O–H groups in total. The van der Waals surface area contributed by atoms with Gasteiger partial charge in [-0.2, -0.15) is 0 Å². The normalized spacial score (nSPS) is 10.6. The molecule has 0 saturated carbocycles. The number of rotatable bonds is 5. The molecule has 0 radical (unpaired) electrons. The molecule has 7 nitrogen and oxygen atoms in total. The second kappa shape index (κ2) is 5.66. The van der Waals surface area contributed by atoms with E-state index in [4.69, 9.17) is 11.5 Å². The van der Waals surface area contributed by atoms with Gasteiger partial charge in [0.15, 0.2) is 0 Å². The van der Waals surface area contributed by atoms with Gasteiger partial charge in [0.05, 0.1) is 4.92 Å². The lowest BCUT2D eigenvalue weighted by Crippen LogP contribution is -2.05. The van der Waals surface area contributed by atoms with Gasteiger partial charge in [-0.3, -0.25) is 10.1 Å². The van der Waals surface area contributed by atoms with Crippen LogP contribution in [-0.4, -0.2) is 23.0 Å². The number of nitro groups is 1. The van der Waals surface area contributed by atoms with Gasteiger partial charge in [0.2, 0.25) is 5.82 Å². The fourth-order valence-corrected chi connectivity index (χ4v) is 1.06. The number of nitrogens with one attached hydrogen (secondary N) is 1. The highest BCUT2D eigenvalue weighted by atomic mass is 16.6. The molecule has 0 aliphatic rings. The summed E-state index contributed by atoms with van der Waals surface area (Å²) in [5.74, 6) is 0.391. The van der Waals surface area contributed by atoms with E-state index >= 15 is 0 Å². The third kappa shape index (κ3) is 3.21. The maximum atomic E-state index is 10.5. The van der Waals surface area contributed by atoms with Gasteiger partial charge in [-0.25, -0.2) is 4.98 Å². The summed E-state index contributed by atoms with van der Waals surface area (Å²) in [5, 5.41) is 13.4. The fraction of sp³-hybridized carbons (Fsp3) is 0.222. The molecular weight excluding hydrogens is 210 g/mol. The SMILES string of the molecule is NC/C=C/CNc1ccc([N+](=O)[O-])c(N)n1. The first kappa shape index (κ1) is 11.9. The van der Waals surface area contributed by atoms with Gasteiger partial charge in [0.25, 0.3) is 0 Å². The van der Waals surface area contributed by atoms with Crippen LogP contribution in [0.2, 0.25) is 0 Å². The number of nitrogen functional groups attached to an aromatic ring is 1. The smallest absolute Gasteiger partial charge is 0.311 e. The van der Waals surface area contributed by atoms with E-state index in [9.17, 15) is 10.1 Å². The minimum Gasteiger partial charge on any atom is -0.378 e. The number of hydrogen-bond acceptors (Lipinski definition) is 6. The lowest BCUT2D eigenvalue weighted by molar-refractivity contribution is -0.384. The summed E-state index contributed by atoms with van der Waals surface area (Å²) in [6, 6.07) is 2.82. The van der Waals surface area contributed by atoms with Crippen molar-refractivity contribution in [3.63, 3.8) is 0 Å². The number of aromatic nitrogens is 1. The largest absolute Gasteiger partial charge is 0.378 e. The molecule has 1 rings (SSSR count). The first-order chi connectivity index (χ1) is 7.65. The zero-order valence-corrected chi connectivity index (χ0v) is 8.59. The van der Waals surface area contributed by atoms with E-state index < -0.39 is 4.92 Å². The average Bonchev–Trinajstić information content (AvgIpc) is 2.24. The van der Waals surface area contributed by atoms with Crippen LogP contribution in [0.5, 0.6) is 0 Å². The van der Waals surface area contributed by atoms with Gasteiger partial charge in [-0.05, 0) is 6.07 Å². The lowest BCUT2D eigenvalue weighted by Gasteiger charge is -2.03. The molecule has 1 heterocycles. The third-order valence-electron chi connectivity index (χ3n) is 1.80. The zero-order valence-electron chi connectivity index (χ0n) is 8.59. The number of pyridine rings is 1. The molecule has 0 aliphatic carbocycles. The number of hydrogen-bond donors (Lipinski definition) is 3. The maximum Gasteiger partial charge on any atom is 0.311 e. The number of anilines is 2. The molecule has 1 aromatic rings. The molecule has 0 bridgehead atoms. The van der Waals surface area contributed by atoms with Crippen molar-refractivity contribution in [3.8, 4) is 0 Å². The van der Waals surface area contributed by atoms with E-state index in [2.05, 4.69) is 10.3 Å². The quantitative estimate of drug-likeness (QED) is 0.379. The highest BCUT2D eigenvalue weighted by molar-refractivity contribution is 5.57. The Hall–Kier alpha value is -2.15. The van der Waals surface area contributed by atoms with E-state index in [0.29, 0.717) is 18.9 Å². The molecule has 0 saturated heterocycles. The summed E-state index contributed by atoms with van der Waals surface area (Å²) in [7, 11) is 0. The Morgan fingerprint density at radius 1 is 1.50 bits per heavy atom. The molecule has 0 unspecified atom stereocenters. The fourth-order valence-electron chi connectivity index (χ4n) is 1.06. The van der Waals surface area contributed by atoms with E-state index in [1.165, 1.54) is 12.1 Å². The second-order valence-corrected chi connectivity index (χ2v) is 2.95. The van der Waals surface area contributed by atoms with Crippen LogP contribution in [0.15, 0.2) is 24.3 Å². The zero-order chi connectivity index (χ0) is 12.0. The molecule has 0 spiro atoms. The van der Waals surface area contributed by atoms with Gasteiger partial charge in [0, 0.05) is 19.2 Å². The summed E-state index contributed by atoms with van der Waals surface area (Å²) in [6.07, 6.45) is 3.63. The summed E-state index contributed by atoms with van der Waals surface area (Å²) in [6.45, 7) is 1.01. The summed E-state index contributed by atoms with van der Waals surface area (Å²) >= 11 is 0. The van der Waals surface area contributed by atoms with Crippen LogP contribution < -0.4 is 16.8 Å². The molecular formula is C9H13N5O2. The van der Waals surface area contributed by atoms with Crippen molar-refractivity contribution in [3.05, 3.63) is 34.4 Å². The average molecular weight is 223 g/mol. The molecule has 1 aromatic heterocycles. The maximum absolute atomic E-state index is 10.5. The van der Waals surface area contributed by atoms with E-state index in [-0.39, 0.29) is 11.5 Å². The Kier molecular flexibility index (Phi) is 4.22. The van der Waals surface area contributed by atoms with Crippen molar-refractivity contribution >= 4 is 17.3 Å². The van der Waals surface area contributed by atoms with Crippen LogP contribution in [0.3, 0.4) is 0 Å². The molecule has 16 heavy (non-hydrogen) atoms. The van der Waals surface area contributed by atoms with Gasteiger partial charge < -0.3 is 16.8 Å². The third-order valence-corrected chi connectivity index (χ3v) is 1.80. The van der Waals surface area contributed by atoms with Crippen molar-refractivity contribution in [2.75, 3.05) is 24.1 Å². The standard InChI is InChI=1S/C9H13N5O2/c10-5-1-2-6-12-8-4-3-7(14(15)16)9(11)13-8/h1-4H,5-6,10H2,(H3,11,12,13)/b2-1+. The van der Waals surface area contributed by atoms with Crippen molar-refractivity contribution in [1.29, 1.82) is 0 Å². The molecule has 0 fully saturated rings. The molecule has 7 heteroatoms. The van der Waals surface area contributed by atoms with Crippen molar-refractivity contribution in [2.45, 2.75) is 0 Å². The van der Waals surface area contributed by atoms with Crippen LogP contribution >= 0.6 is 0 Å². The van der Waals surface area contributed by atoms with Crippen molar-refractivity contribution < 1.29 is 4.92 Å². The summed E-state index contributed by atoms with van der Waals surface area (Å²) < 4.78 is 0. The second-order valence-electron chi connectivity index (χ2n) is 2.95. The first-order valence-corrected chi connectivity index (χ1v) is 4.65. The monoisotopic (exact) mass is 223 g/mol. The highest BCUT2D eigenvalue weighted by Crippen LogP contribution is 2.20.